The maximum atomic E-state index is 12.4. The zero-order valence-electron chi connectivity index (χ0n) is 15.9. The fourth-order valence-corrected chi connectivity index (χ4v) is 3.42. The molecule has 1 atom stereocenters. The molecule has 0 N–H and O–H groups in total. The third-order valence-electron chi connectivity index (χ3n) is 4.78. The number of rotatable bonds is 9. The molecule has 0 unspecified atom stereocenters. The molecule has 3 rings (SSSR count). The smallest absolute Gasteiger partial charge is 0.148 e. The van der Waals surface area contributed by atoms with Crippen LogP contribution in [0.5, 0.6) is 0 Å². The van der Waals surface area contributed by atoms with E-state index in [0.29, 0.717) is 6.42 Å². The molecule has 0 saturated carbocycles. The van der Waals surface area contributed by atoms with Crippen molar-refractivity contribution in [2.45, 2.75) is 32.0 Å². The van der Waals surface area contributed by atoms with E-state index < -0.39 is 0 Å². The van der Waals surface area contributed by atoms with Gasteiger partial charge in [0.1, 0.15) is 5.78 Å². The van der Waals surface area contributed by atoms with Crippen molar-refractivity contribution in [3.8, 4) is 6.07 Å². The number of nitrogens with zero attached hydrogens (tertiary/aromatic N) is 2. The molecule has 3 nitrogen and oxygen atoms in total. The van der Waals surface area contributed by atoms with Gasteiger partial charge in [-0.1, -0.05) is 91.0 Å². The molecule has 3 heteroatoms. The van der Waals surface area contributed by atoms with Crippen molar-refractivity contribution >= 4 is 5.78 Å². The van der Waals surface area contributed by atoms with E-state index in [4.69, 9.17) is 5.26 Å². The van der Waals surface area contributed by atoms with E-state index in [1.165, 1.54) is 11.1 Å². The second-order valence-electron chi connectivity index (χ2n) is 6.88. The summed E-state index contributed by atoms with van der Waals surface area (Å²) in [5.74, 6) is -0.0255. The highest BCUT2D eigenvalue weighted by Crippen LogP contribution is 2.29. The van der Waals surface area contributed by atoms with Gasteiger partial charge in [-0.05, 0) is 16.7 Å². The predicted octanol–water partition coefficient (Wildman–Crippen LogP) is 5.30. The first-order valence-corrected chi connectivity index (χ1v) is 9.52. The van der Waals surface area contributed by atoms with Gasteiger partial charge in [0.05, 0.1) is 12.5 Å². The highest BCUT2D eigenvalue weighted by Gasteiger charge is 2.23. The number of nitriles is 1. The van der Waals surface area contributed by atoms with Gasteiger partial charge in [0, 0.05) is 25.6 Å². The summed E-state index contributed by atoms with van der Waals surface area (Å²) < 4.78 is 0. The molecule has 0 spiro atoms. The van der Waals surface area contributed by atoms with Gasteiger partial charge >= 0.3 is 0 Å². The van der Waals surface area contributed by atoms with Crippen LogP contribution in [0.15, 0.2) is 91.0 Å². The molecule has 3 aromatic rings. The van der Waals surface area contributed by atoms with Gasteiger partial charge in [-0.2, -0.15) is 5.26 Å². The van der Waals surface area contributed by atoms with Gasteiger partial charge in [-0.15, -0.1) is 0 Å². The van der Waals surface area contributed by atoms with Crippen molar-refractivity contribution in [1.82, 2.24) is 4.90 Å². The van der Waals surface area contributed by atoms with Crippen LogP contribution in [0, 0.1) is 11.3 Å². The molecular weight excluding hydrogens is 344 g/mol. The number of Topliss-reactive ketones (excluding diaryl/α,β-unsaturated/α-hetero) is 1. The van der Waals surface area contributed by atoms with E-state index in [9.17, 15) is 4.79 Å². The Labute approximate surface area is 166 Å². The maximum absolute atomic E-state index is 12.4. The molecule has 0 heterocycles. The Balaban J connectivity index is 1.94. The first-order chi connectivity index (χ1) is 13.8. The Morgan fingerprint density at radius 3 is 1.71 bits per heavy atom. The molecule has 0 aliphatic carbocycles. The highest BCUT2D eigenvalue weighted by atomic mass is 16.1. The van der Waals surface area contributed by atoms with Gasteiger partial charge < -0.3 is 0 Å². The number of hydrogen-bond donors (Lipinski definition) is 0. The highest BCUT2D eigenvalue weighted by molar-refractivity contribution is 5.81. The summed E-state index contributed by atoms with van der Waals surface area (Å²) in [6.45, 7) is 1.46. The van der Waals surface area contributed by atoms with Crippen LogP contribution in [0.4, 0.5) is 0 Å². The average molecular weight is 368 g/mol. The minimum Gasteiger partial charge on any atom is -0.298 e. The monoisotopic (exact) mass is 368 g/mol. The van der Waals surface area contributed by atoms with Crippen molar-refractivity contribution < 1.29 is 4.79 Å². The molecule has 140 valence electrons. The molecule has 3 aromatic carbocycles. The van der Waals surface area contributed by atoms with E-state index in [2.05, 4.69) is 41.3 Å². The second-order valence-corrected chi connectivity index (χ2v) is 6.88. The number of hydrogen-bond acceptors (Lipinski definition) is 3. The van der Waals surface area contributed by atoms with Crippen LogP contribution in [-0.4, -0.2) is 10.7 Å². The van der Waals surface area contributed by atoms with Gasteiger partial charge in [-0.25, -0.2) is 0 Å². The molecule has 0 aliphatic rings. The molecule has 0 aliphatic heterocycles. The summed E-state index contributed by atoms with van der Waals surface area (Å²) in [5, 5.41) is 8.94. The molecular formula is C25H24N2O. The minimum atomic E-state index is -0.0811. The molecule has 28 heavy (non-hydrogen) atoms. The summed E-state index contributed by atoms with van der Waals surface area (Å²) >= 11 is 0. The van der Waals surface area contributed by atoms with Crippen LogP contribution in [-0.2, 0) is 17.9 Å². The fraction of sp³-hybridized carbons (Fsp3) is 0.200. The van der Waals surface area contributed by atoms with Crippen molar-refractivity contribution in [2.24, 2.45) is 0 Å². The lowest BCUT2D eigenvalue weighted by atomic mass is 9.97. The normalized spacial score (nSPS) is 11.7. The van der Waals surface area contributed by atoms with Crippen molar-refractivity contribution in [3.05, 3.63) is 108 Å². The van der Waals surface area contributed by atoms with Crippen LogP contribution in [0.3, 0.4) is 0 Å². The number of carbonyl (C=O) groups excluding carboxylic acids is 1. The Morgan fingerprint density at radius 2 is 1.25 bits per heavy atom. The lowest BCUT2D eigenvalue weighted by Crippen LogP contribution is -2.30. The summed E-state index contributed by atoms with van der Waals surface area (Å²) in [4.78, 5) is 14.7. The molecule has 0 saturated heterocycles. The maximum Gasteiger partial charge on any atom is 0.148 e. The van der Waals surface area contributed by atoms with Crippen molar-refractivity contribution in [1.29, 1.82) is 5.26 Å². The third kappa shape index (κ3) is 5.64. The zero-order chi connectivity index (χ0) is 19.6. The first kappa shape index (κ1) is 19.5. The SMILES string of the molecule is N#CCC(=O)C[C@@H](c1ccccc1)N(Cc1ccccc1)Cc1ccccc1. The van der Waals surface area contributed by atoms with E-state index in [1.807, 2.05) is 60.7 Å². The summed E-state index contributed by atoms with van der Waals surface area (Å²) in [7, 11) is 0. The van der Waals surface area contributed by atoms with Gasteiger partial charge in [0.15, 0.2) is 0 Å². The first-order valence-electron chi connectivity index (χ1n) is 9.52. The third-order valence-corrected chi connectivity index (χ3v) is 4.78. The lowest BCUT2D eigenvalue weighted by Gasteiger charge is -2.32. The topological polar surface area (TPSA) is 44.1 Å². The van der Waals surface area contributed by atoms with Crippen molar-refractivity contribution in [3.63, 3.8) is 0 Å². The summed E-state index contributed by atoms with van der Waals surface area (Å²) in [6.07, 6.45) is 0.283. The standard InChI is InChI=1S/C25H24N2O/c26-17-16-24(28)18-25(23-14-8-3-9-15-23)27(19-21-10-4-1-5-11-21)20-22-12-6-2-7-13-22/h1-15,25H,16,18-20H2/t25-/m0/s1. The van der Waals surface area contributed by atoms with E-state index in [-0.39, 0.29) is 18.2 Å². The largest absolute Gasteiger partial charge is 0.298 e. The van der Waals surface area contributed by atoms with Gasteiger partial charge in [0.2, 0.25) is 0 Å². The Kier molecular flexibility index (Phi) is 7.12. The second kappa shape index (κ2) is 10.2. The number of ketones is 1. The lowest BCUT2D eigenvalue weighted by molar-refractivity contribution is -0.119. The van der Waals surface area contributed by atoms with Crippen molar-refractivity contribution in [2.75, 3.05) is 0 Å². The van der Waals surface area contributed by atoms with Crippen LogP contribution >= 0.6 is 0 Å². The number of benzene rings is 3. The minimum absolute atomic E-state index is 0.0255. The van der Waals surface area contributed by atoms with Crippen LogP contribution < -0.4 is 0 Å². The van der Waals surface area contributed by atoms with Crippen LogP contribution in [0.2, 0.25) is 0 Å². The van der Waals surface area contributed by atoms with Crippen LogP contribution in [0.25, 0.3) is 0 Å². The Hall–Kier alpha value is -3.22. The Morgan fingerprint density at radius 1 is 0.786 bits per heavy atom. The molecule has 0 radical (unpaired) electrons. The quantitative estimate of drug-likeness (QED) is 0.514. The van der Waals surface area contributed by atoms with E-state index in [0.717, 1.165) is 18.7 Å². The predicted molar refractivity (Wildman–Crippen MR) is 111 cm³/mol. The van der Waals surface area contributed by atoms with E-state index >= 15 is 0 Å². The number of carbonyl (C=O) groups is 1. The fourth-order valence-electron chi connectivity index (χ4n) is 3.42. The summed E-state index contributed by atoms with van der Waals surface area (Å²) in [5.41, 5.74) is 3.50. The van der Waals surface area contributed by atoms with Crippen LogP contribution in [0.1, 0.15) is 35.6 Å². The molecule has 0 bridgehead atoms. The zero-order valence-corrected chi connectivity index (χ0v) is 15.9. The average Bonchev–Trinajstić information content (AvgIpc) is 2.74. The molecule has 0 fully saturated rings. The summed E-state index contributed by atoms with van der Waals surface area (Å²) in [6, 6.07) is 32.6. The van der Waals surface area contributed by atoms with E-state index in [1.54, 1.807) is 0 Å². The van der Waals surface area contributed by atoms with Gasteiger partial charge in [0.25, 0.3) is 0 Å². The Bertz CT molecular complexity index is 860. The molecule has 0 amide bonds. The molecule has 0 aromatic heterocycles. The van der Waals surface area contributed by atoms with Gasteiger partial charge in [-0.3, -0.25) is 9.69 Å².